The summed E-state index contributed by atoms with van der Waals surface area (Å²) < 4.78 is 1.18. The van der Waals surface area contributed by atoms with Crippen LogP contribution in [0.1, 0.15) is 26.9 Å². The zero-order chi connectivity index (χ0) is 11.7. The number of rotatable bonds is 3. The summed E-state index contributed by atoms with van der Waals surface area (Å²) in [7, 11) is 0. The smallest absolute Gasteiger partial charge is 0.0813 e. The van der Waals surface area contributed by atoms with E-state index < -0.39 is 0 Å². The molecule has 0 aliphatic carbocycles. The van der Waals surface area contributed by atoms with E-state index in [9.17, 15) is 0 Å². The topological polar surface area (TPSA) is 38.0 Å². The highest BCUT2D eigenvalue weighted by atomic mass is 79.9. The third kappa shape index (κ3) is 2.24. The highest BCUT2D eigenvalue weighted by molar-refractivity contribution is 9.11. The molecule has 0 spiro atoms. The maximum atomic E-state index is 5.67. The van der Waals surface area contributed by atoms with Gasteiger partial charge in [-0.15, -0.1) is 22.7 Å². The predicted octanol–water partition coefficient (Wildman–Crippen LogP) is 3.74. The molecule has 0 bridgehead atoms. The first-order valence-corrected chi connectivity index (χ1v) is 7.38. The Morgan fingerprint density at radius 1 is 1.44 bits per heavy atom. The Balaban J connectivity index is 2.40. The van der Waals surface area contributed by atoms with Gasteiger partial charge in [-0.1, -0.05) is 0 Å². The van der Waals surface area contributed by atoms with Gasteiger partial charge in [-0.3, -0.25) is 5.84 Å². The second-order valence-corrected chi connectivity index (χ2v) is 7.16. The molecule has 1 atom stereocenters. The molecular formula is C11H13BrN2S2. The molecule has 5 heteroatoms. The van der Waals surface area contributed by atoms with Crippen molar-refractivity contribution in [1.82, 2.24) is 5.43 Å². The van der Waals surface area contributed by atoms with E-state index in [1.165, 1.54) is 24.7 Å². The first kappa shape index (κ1) is 12.3. The molecule has 0 amide bonds. The molecule has 0 saturated heterocycles. The van der Waals surface area contributed by atoms with Gasteiger partial charge >= 0.3 is 0 Å². The minimum Gasteiger partial charge on any atom is -0.271 e. The van der Waals surface area contributed by atoms with E-state index in [1.54, 1.807) is 22.7 Å². The SMILES string of the molecule is Cc1cc(C(NN)c2ccsc2C)sc1Br. The van der Waals surface area contributed by atoms with Crippen molar-refractivity contribution in [3.05, 3.63) is 42.2 Å². The van der Waals surface area contributed by atoms with Crippen LogP contribution in [0.2, 0.25) is 0 Å². The number of hydrazine groups is 1. The molecule has 0 aliphatic heterocycles. The first-order valence-electron chi connectivity index (χ1n) is 4.89. The molecule has 16 heavy (non-hydrogen) atoms. The Hall–Kier alpha value is -0.200. The Bertz CT molecular complexity index is 470. The Labute approximate surface area is 112 Å². The monoisotopic (exact) mass is 316 g/mol. The van der Waals surface area contributed by atoms with Crippen LogP contribution in [0.5, 0.6) is 0 Å². The van der Waals surface area contributed by atoms with E-state index in [0.29, 0.717) is 0 Å². The molecule has 2 rings (SSSR count). The van der Waals surface area contributed by atoms with Crippen LogP contribution in [0.4, 0.5) is 0 Å². The van der Waals surface area contributed by atoms with Gasteiger partial charge in [-0.2, -0.15) is 0 Å². The van der Waals surface area contributed by atoms with Crippen molar-refractivity contribution >= 4 is 38.6 Å². The second-order valence-electron chi connectivity index (χ2n) is 3.64. The third-order valence-electron chi connectivity index (χ3n) is 2.54. The van der Waals surface area contributed by atoms with Crippen molar-refractivity contribution in [3.8, 4) is 0 Å². The fraction of sp³-hybridized carbons (Fsp3) is 0.273. The van der Waals surface area contributed by atoms with Crippen LogP contribution in [0.3, 0.4) is 0 Å². The van der Waals surface area contributed by atoms with Gasteiger partial charge < -0.3 is 0 Å². The summed E-state index contributed by atoms with van der Waals surface area (Å²) in [6.07, 6.45) is 0. The van der Waals surface area contributed by atoms with E-state index in [0.717, 1.165) is 0 Å². The van der Waals surface area contributed by atoms with Crippen LogP contribution in [0, 0.1) is 13.8 Å². The largest absolute Gasteiger partial charge is 0.271 e. The number of hydrogen-bond donors (Lipinski definition) is 2. The molecule has 0 fully saturated rings. The Morgan fingerprint density at radius 2 is 2.19 bits per heavy atom. The molecule has 2 heterocycles. The second kappa shape index (κ2) is 4.98. The molecule has 2 nitrogen and oxygen atoms in total. The van der Waals surface area contributed by atoms with Crippen molar-refractivity contribution in [1.29, 1.82) is 0 Å². The summed E-state index contributed by atoms with van der Waals surface area (Å²) in [5.41, 5.74) is 5.42. The molecule has 0 saturated carbocycles. The average Bonchev–Trinajstić information content (AvgIpc) is 2.78. The lowest BCUT2D eigenvalue weighted by atomic mass is 10.1. The van der Waals surface area contributed by atoms with Gasteiger partial charge in [0.1, 0.15) is 0 Å². The molecule has 0 aromatic carbocycles. The quantitative estimate of drug-likeness (QED) is 0.668. The number of nitrogens with one attached hydrogen (secondary N) is 1. The number of thiophene rings is 2. The summed E-state index contributed by atoms with van der Waals surface area (Å²) in [6, 6.07) is 4.41. The van der Waals surface area contributed by atoms with Crippen molar-refractivity contribution in [2.24, 2.45) is 5.84 Å². The zero-order valence-electron chi connectivity index (χ0n) is 9.08. The van der Waals surface area contributed by atoms with E-state index in [4.69, 9.17) is 5.84 Å². The van der Waals surface area contributed by atoms with Gasteiger partial charge in [0.15, 0.2) is 0 Å². The van der Waals surface area contributed by atoms with Crippen LogP contribution in [0.15, 0.2) is 21.3 Å². The fourth-order valence-electron chi connectivity index (χ4n) is 1.65. The summed E-state index contributed by atoms with van der Waals surface area (Å²) in [6.45, 7) is 4.22. The summed E-state index contributed by atoms with van der Waals surface area (Å²) >= 11 is 7.03. The Morgan fingerprint density at radius 3 is 2.62 bits per heavy atom. The normalized spacial score (nSPS) is 13.0. The number of aryl methyl sites for hydroxylation is 2. The molecular weight excluding hydrogens is 304 g/mol. The molecule has 2 aromatic heterocycles. The van der Waals surface area contributed by atoms with Crippen LogP contribution in [-0.2, 0) is 0 Å². The lowest BCUT2D eigenvalue weighted by molar-refractivity contribution is 0.645. The molecule has 1 unspecified atom stereocenters. The van der Waals surface area contributed by atoms with Crippen molar-refractivity contribution < 1.29 is 0 Å². The minimum absolute atomic E-state index is 0.0984. The van der Waals surface area contributed by atoms with Gasteiger partial charge in [0.25, 0.3) is 0 Å². The van der Waals surface area contributed by atoms with E-state index in [-0.39, 0.29) is 6.04 Å². The van der Waals surface area contributed by atoms with Crippen LogP contribution in [-0.4, -0.2) is 0 Å². The molecule has 2 aromatic rings. The lowest BCUT2D eigenvalue weighted by Crippen LogP contribution is -2.28. The van der Waals surface area contributed by atoms with E-state index >= 15 is 0 Å². The molecule has 0 radical (unpaired) electrons. The Kier molecular flexibility index (Phi) is 3.81. The fourth-order valence-corrected chi connectivity index (χ4v) is 4.04. The van der Waals surface area contributed by atoms with Crippen LogP contribution < -0.4 is 11.3 Å². The number of halogens is 1. The highest BCUT2D eigenvalue weighted by Crippen LogP contribution is 2.35. The first-order chi connectivity index (χ1) is 7.63. The maximum absolute atomic E-state index is 5.67. The zero-order valence-corrected chi connectivity index (χ0v) is 12.3. The van der Waals surface area contributed by atoms with Crippen molar-refractivity contribution in [2.75, 3.05) is 0 Å². The maximum Gasteiger partial charge on any atom is 0.0813 e. The summed E-state index contributed by atoms with van der Waals surface area (Å²) in [4.78, 5) is 2.55. The van der Waals surface area contributed by atoms with Gasteiger partial charge in [-0.25, -0.2) is 5.43 Å². The summed E-state index contributed by atoms with van der Waals surface area (Å²) in [5.74, 6) is 5.67. The van der Waals surface area contributed by atoms with Crippen LogP contribution >= 0.6 is 38.6 Å². The highest BCUT2D eigenvalue weighted by Gasteiger charge is 2.18. The van der Waals surface area contributed by atoms with E-state index in [2.05, 4.69) is 52.7 Å². The lowest BCUT2D eigenvalue weighted by Gasteiger charge is -2.13. The minimum atomic E-state index is 0.0984. The van der Waals surface area contributed by atoms with Gasteiger partial charge in [0.2, 0.25) is 0 Å². The average molecular weight is 317 g/mol. The summed E-state index contributed by atoms with van der Waals surface area (Å²) in [5, 5.41) is 2.10. The van der Waals surface area contributed by atoms with Crippen molar-refractivity contribution in [2.45, 2.75) is 19.9 Å². The standard InChI is InChI=1S/C11H13BrN2S2/c1-6-5-9(16-11(6)12)10(14-13)8-3-4-15-7(8)2/h3-5,10,14H,13H2,1-2H3. The number of hydrogen-bond acceptors (Lipinski definition) is 4. The van der Waals surface area contributed by atoms with Gasteiger partial charge in [0, 0.05) is 9.75 Å². The van der Waals surface area contributed by atoms with E-state index in [1.807, 2.05) is 0 Å². The molecule has 86 valence electrons. The predicted molar refractivity (Wildman–Crippen MR) is 75.0 cm³/mol. The van der Waals surface area contributed by atoms with Crippen LogP contribution in [0.25, 0.3) is 0 Å². The molecule has 0 aliphatic rings. The number of nitrogens with two attached hydrogens (primary N) is 1. The van der Waals surface area contributed by atoms with Gasteiger partial charge in [0.05, 0.1) is 9.83 Å². The van der Waals surface area contributed by atoms with Gasteiger partial charge in [-0.05, 0) is 58.4 Å². The van der Waals surface area contributed by atoms with Crippen molar-refractivity contribution in [3.63, 3.8) is 0 Å². The third-order valence-corrected chi connectivity index (χ3v) is 5.60. The molecule has 3 N–H and O–H groups in total.